The van der Waals surface area contributed by atoms with E-state index >= 15 is 0 Å². The van der Waals surface area contributed by atoms with Crippen LogP contribution < -0.4 is 9.47 Å². The quantitative estimate of drug-likeness (QED) is 0.288. The van der Waals surface area contributed by atoms with Gasteiger partial charge in [-0.05, 0) is 59.5 Å². The van der Waals surface area contributed by atoms with E-state index in [2.05, 4.69) is 37.3 Å². The van der Waals surface area contributed by atoms with Gasteiger partial charge in [-0.2, -0.15) is 5.26 Å². The number of rotatable bonds is 12. The summed E-state index contributed by atoms with van der Waals surface area (Å²) in [7, 11) is 0. The molecule has 0 aromatic heterocycles. The highest BCUT2D eigenvalue weighted by Crippen LogP contribution is 2.25. The first-order valence-corrected chi connectivity index (χ1v) is 11.2. The van der Waals surface area contributed by atoms with E-state index < -0.39 is 0 Å². The van der Waals surface area contributed by atoms with E-state index in [9.17, 15) is 0 Å². The average molecular weight is 414 g/mol. The Bertz CT molecular complexity index is 938. The zero-order chi connectivity index (χ0) is 21.7. The van der Waals surface area contributed by atoms with Gasteiger partial charge in [0, 0.05) is 0 Å². The standard InChI is InChI=1S/C28H31NO2/c1-2-3-4-5-6-7-20-30-27-16-12-25(13-17-27)26-14-18-28(19-15-26)31-22-24-10-8-23(21-29)9-11-24/h8-19H,2-7,20,22H2,1H3. The van der Waals surface area contributed by atoms with Crippen LogP contribution in [-0.2, 0) is 6.61 Å². The van der Waals surface area contributed by atoms with Gasteiger partial charge in [-0.25, -0.2) is 0 Å². The van der Waals surface area contributed by atoms with Crippen LogP contribution in [0.2, 0.25) is 0 Å². The molecule has 3 aromatic carbocycles. The fraction of sp³-hybridized carbons (Fsp3) is 0.321. The predicted octanol–water partition coefficient (Wildman–Crippen LogP) is 7.54. The molecule has 0 N–H and O–H groups in total. The Balaban J connectivity index is 1.44. The van der Waals surface area contributed by atoms with Crippen molar-refractivity contribution in [2.24, 2.45) is 0 Å². The van der Waals surface area contributed by atoms with Crippen LogP contribution in [0, 0.1) is 11.3 Å². The first-order chi connectivity index (χ1) is 15.3. The van der Waals surface area contributed by atoms with Crippen LogP contribution in [0.1, 0.15) is 56.6 Å². The van der Waals surface area contributed by atoms with Crippen molar-refractivity contribution in [2.75, 3.05) is 6.61 Å². The number of ether oxygens (including phenoxy) is 2. The van der Waals surface area contributed by atoms with Crippen molar-refractivity contribution in [3.63, 3.8) is 0 Å². The maximum absolute atomic E-state index is 8.86. The van der Waals surface area contributed by atoms with Gasteiger partial charge < -0.3 is 9.47 Å². The van der Waals surface area contributed by atoms with E-state index in [0.717, 1.165) is 41.2 Å². The van der Waals surface area contributed by atoms with Gasteiger partial charge in [0.25, 0.3) is 0 Å². The fourth-order valence-electron chi connectivity index (χ4n) is 3.40. The number of nitriles is 1. The Labute approximate surface area is 186 Å². The minimum absolute atomic E-state index is 0.482. The van der Waals surface area contributed by atoms with Gasteiger partial charge >= 0.3 is 0 Å². The molecule has 0 atom stereocenters. The lowest BCUT2D eigenvalue weighted by Crippen LogP contribution is -1.97. The maximum atomic E-state index is 8.86. The first-order valence-electron chi connectivity index (χ1n) is 11.2. The van der Waals surface area contributed by atoms with Crippen molar-refractivity contribution in [1.82, 2.24) is 0 Å². The Hall–Kier alpha value is -3.25. The van der Waals surface area contributed by atoms with Crippen LogP contribution in [-0.4, -0.2) is 6.61 Å². The molecule has 0 spiro atoms. The van der Waals surface area contributed by atoms with Gasteiger partial charge in [0.15, 0.2) is 0 Å². The highest BCUT2D eigenvalue weighted by Gasteiger charge is 2.02. The molecule has 0 fully saturated rings. The summed E-state index contributed by atoms with van der Waals surface area (Å²) < 4.78 is 11.7. The van der Waals surface area contributed by atoms with Crippen LogP contribution in [0.3, 0.4) is 0 Å². The Morgan fingerprint density at radius 3 is 1.77 bits per heavy atom. The molecule has 0 saturated carbocycles. The van der Waals surface area contributed by atoms with Gasteiger partial charge in [0.1, 0.15) is 18.1 Å². The minimum Gasteiger partial charge on any atom is -0.494 e. The molecule has 0 radical (unpaired) electrons. The number of nitrogens with zero attached hydrogens (tertiary/aromatic N) is 1. The summed E-state index contributed by atoms with van der Waals surface area (Å²) in [6, 6.07) is 26.0. The summed E-state index contributed by atoms with van der Waals surface area (Å²) in [6.07, 6.45) is 7.64. The zero-order valence-electron chi connectivity index (χ0n) is 18.3. The van der Waals surface area contributed by atoms with Crippen LogP contribution in [0.25, 0.3) is 11.1 Å². The van der Waals surface area contributed by atoms with E-state index in [1.807, 2.05) is 48.5 Å². The summed E-state index contributed by atoms with van der Waals surface area (Å²) in [4.78, 5) is 0. The van der Waals surface area contributed by atoms with Crippen molar-refractivity contribution in [2.45, 2.75) is 52.1 Å². The monoisotopic (exact) mass is 413 g/mol. The number of benzene rings is 3. The second-order valence-electron chi connectivity index (χ2n) is 7.76. The van der Waals surface area contributed by atoms with Crippen molar-refractivity contribution in [3.05, 3.63) is 83.9 Å². The van der Waals surface area contributed by atoms with E-state index in [4.69, 9.17) is 14.7 Å². The first kappa shape index (κ1) is 22.4. The van der Waals surface area contributed by atoms with E-state index in [1.165, 1.54) is 32.1 Å². The number of hydrogen-bond donors (Lipinski definition) is 0. The highest BCUT2D eigenvalue weighted by atomic mass is 16.5. The second kappa shape index (κ2) is 12.4. The molecule has 0 aliphatic heterocycles. The third-order valence-electron chi connectivity index (χ3n) is 5.30. The summed E-state index contributed by atoms with van der Waals surface area (Å²) in [5, 5.41) is 8.86. The Kier molecular flexibility index (Phi) is 9.01. The lowest BCUT2D eigenvalue weighted by Gasteiger charge is -2.09. The molecule has 3 nitrogen and oxygen atoms in total. The molecule has 160 valence electrons. The highest BCUT2D eigenvalue weighted by molar-refractivity contribution is 5.64. The number of hydrogen-bond acceptors (Lipinski definition) is 3. The van der Waals surface area contributed by atoms with Gasteiger partial charge in [-0.1, -0.05) is 75.4 Å². The summed E-state index contributed by atoms with van der Waals surface area (Å²) in [6.45, 7) is 3.51. The molecule has 0 saturated heterocycles. The summed E-state index contributed by atoms with van der Waals surface area (Å²) in [5.41, 5.74) is 4.00. The normalized spacial score (nSPS) is 10.5. The molecule has 0 aliphatic rings. The second-order valence-corrected chi connectivity index (χ2v) is 7.76. The summed E-state index contributed by atoms with van der Waals surface area (Å²) in [5.74, 6) is 1.76. The SMILES string of the molecule is CCCCCCCCOc1ccc(-c2ccc(OCc3ccc(C#N)cc3)cc2)cc1. The molecule has 3 heteroatoms. The van der Waals surface area contributed by atoms with Crippen molar-refractivity contribution in [3.8, 4) is 28.7 Å². The van der Waals surface area contributed by atoms with Crippen LogP contribution in [0.4, 0.5) is 0 Å². The molecular weight excluding hydrogens is 382 g/mol. The van der Waals surface area contributed by atoms with Crippen LogP contribution in [0.15, 0.2) is 72.8 Å². The van der Waals surface area contributed by atoms with E-state index in [1.54, 1.807) is 0 Å². The Morgan fingerprint density at radius 1 is 0.645 bits per heavy atom. The lowest BCUT2D eigenvalue weighted by atomic mass is 10.1. The van der Waals surface area contributed by atoms with Crippen molar-refractivity contribution in [1.29, 1.82) is 5.26 Å². The molecule has 0 aliphatic carbocycles. The third-order valence-corrected chi connectivity index (χ3v) is 5.30. The topological polar surface area (TPSA) is 42.2 Å². The predicted molar refractivity (Wildman–Crippen MR) is 126 cm³/mol. The molecule has 3 rings (SSSR count). The van der Waals surface area contributed by atoms with E-state index in [0.29, 0.717) is 12.2 Å². The fourth-order valence-corrected chi connectivity index (χ4v) is 3.40. The van der Waals surface area contributed by atoms with Gasteiger partial charge in [0.2, 0.25) is 0 Å². The van der Waals surface area contributed by atoms with Gasteiger partial charge in [0.05, 0.1) is 18.2 Å². The van der Waals surface area contributed by atoms with E-state index in [-0.39, 0.29) is 0 Å². The molecule has 0 unspecified atom stereocenters. The van der Waals surface area contributed by atoms with Gasteiger partial charge in [-0.3, -0.25) is 0 Å². The Morgan fingerprint density at radius 2 is 1.19 bits per heavy atom. The van der Waals surface area contributed by atoms with Crippen molar-refractivity contribution >= 4 is 0 Å². The molecular formula is C28H31NO2. The third kappa shape index (κ3) is 7.50. The smallest absolute Gasteiger partial charge is 0.119 e. The maximum Gasteiger partial charge on any atom is 0.119 e. The molecule has 0 heterocycles. The number of unbranched alkanes of at least 4 members (excludes halogenated alkanes) is 5. The minimum atomic E-state index is 0.482. The summed E-state index contributed by atoms with van der Waals surface area (Å²) >= 11 is 0. The molecule has 0 amide bonds. The molecule has 31 heavy (non-hydrogen) atoms. The van der Waals surface area contributed by atoms with Crippen molar-refractivity contribution < 1.29 is 9.47 Å². The average Bonchev–Trinajstić information content (AvgIpc) is 2.83. The largest absolute Gasteiger partial charge is 0.494 e. The van der Waals surface area contributed by atoms with Crippen LogP contribution in [0.5, 0.6) is 11.5 Å². The molecule has 3 aromatic rings. The molecule has 0 bridgehead atoms. The van der Waals surface area contributed by atoms with Gasteiger partial charge in [-0.15, -0.1) is 0 Å². The lowest BCUT2D eigenvalue weighted by molar-refractivity contribution is 0.304. The van der Waals surface area contributed by atoms with Crippen LogP contribution >= 0.6 is 0 Å². The zero-order valence-corrected chi connectivity index (χ0v) is 18.3.